The summed E-state index contributed by atoms with van der Waals surface area (Å²) in [6, 6.07) is 0. The summed E-state index contributed by atoms with van der Waals surface area (Å²) in [6.07, 6.45) is 0.356. The van der Waals surface area contributed by atoms with Gasteiger partial charge in [0.05, 0.1) is 6.42 Å². The quantitative estimate of drug-likeness (QED) is 0.307. The van der Waals surface area contributed by atoms with Gasteiger partial charge in [0.15, 0.2) is 5.78 Å². The molecule has 0 aromatic carbocycles. The van der Waals surface area contributed by atoms with E-state index in [-0.39, 0.29) is 12.8 Å². The van der Waals surface area contributed by atoms with Crippen LogP contribution < -0.4 is 0 Å². The van der Waals surface area contributed by atoms with E-state index in [0.29, 0.717) is 6.29 Å². The average molecular weight is 128 g/mol. The van der Waals surface area contributed by atoms with Crippen molar-refractivity contribution in [3.05, 3.63) is 0 Å². The number of aldehydes is 1. The monoisotopic (exact) mass is 128 g/mol. The SMILES string of the molecule is CCC(=O)C(=O)CC=O. The molecule has 0 N–H and O–H groups in total. The normalized spacial score (nSPS) is 8.56. The van der Waals surface area contributed by atoms with Gasteiger partial charge in [-0.3, -0.25) is 9.59 Å². The Balaban J connectivity index is 3.73. The lowest BCUT2D eigenvalue weighted by Gasteiger charge is -1.87. The zero-order valence-electron chi connectivity index (χ0n) is 5.22. The summed E-state index contributed by atoms with van der Waals surface area (Å²) < 4.78 is 0. The second kappa shape index (κ2) is 3.95. The molecule has 0 amide bonds. The zero-order chi connectivity index (χ0) is 7.28. The van der Waals surface area contributed by atoms with Crippen molar-refractivity contribution in [1.29, 1.82) is 0 Å². The summed E-state index contributed by atoms with van der Waals surface area (Å²) in [4.78, 5) is 30.4. The molecule has 9 heavy (non-hydrogen) atoms. The molecule has 0 aliphatic carbocycles. The molecular formula is C6H8O3. The van der Waals surface area contributed by atoms with E-state index in [0.717, 1.165) is 0 Å². The van der Waals surface area contributed by atoms with Gasteiger partial charge in [-0.2, -0.15) is 0 Å². The highest BCUT2D eigenvalue weighted by Crippen LogP contribution is 1.85. The summed E-state index contributed by atoms with van der Waals surface area (Å²) in [5.41, 5.74) is 0. The third kappa shape index (κ3) is 2.74. The van der Waals surface area contributed by atoms with Gasteiger partial charge in [0, 0.05) is 6.42 Å². The first-order chi connectivity index (χ1) is 4.22. The van der Waals surface area contributed by atoms with Crippen LogP contribution in [-0.2, 0) is 14.4 Å². The first-order valence-corrected chi connectivity index (χ1v) is 2.72. The van der Waals surface area contributed by atoms with Crippen molar-refractivity contribution in [3.8, 4) is 0 Å². The molecule has 0 aliphatic rings. The number of carbonyl (C=O) groups excluding carboxylic acids is 3. The molecule has 0 saturated carbocycles. The molecule has 0 saturated heterocycles. The Labute approximate surface area is 53.0 Å². The molecule has 0 heterocycles. The van der Waals surface area contributed by atoms with Crippen LogP contribution in [0, 0.1) is 0 Å². The minimum atomic E-state index is -0.590. The molecule has 0 bridgehead atoms. The number of ketones is 2. The van der Waals surface area contributed by atoms with Crippen LogP contribution in [0.2, 0.25) is 0 Å². The van der Waals surface area contributed by atoms with Gasteiger partial charge in [0.1, 0.15) is 6.29 Å². The van der Waals surface area contributed by atoms with Crippen molar-refractivity contribution < 1.29 is 14.4 Å². The Kier molecular flexibility index (Phi) is 3.51. The van der Waals surface area contributed by atoms with Crippen LogP contribution in [-0.4, -0.2) is 17.9 Å². The van der Waals surface area contributed by atoms with E-state index < -0.39 is 11.6 Å². The molecule has 0 aliphatic heterocycles. The summed E-state index contributed by atoms with van der Waals surface area (Å²) in [5.74, 6) is -1.06. The molecule has 0 rings (SSSR count). The minimum absolute atomic E-state index is 0.187. The van der Waals surface area contributed by atoms with Crippen LogP contribution in [0.4, 0.5) is 0 Å². The molecule has 0 radical (unpaired) electrons. The van der Waals surface area contributed by atoms with E-state index in [1.807, 2.05) is 0 Å². The third-order valence-electron chi connectivity index (χ3n) is 0.901. The molecule has 0 aromatic heterocycles. The van der Waals surface area contributed by atoms with Crippen LogP contribution in [0.5, 0.6) is 0 Å². The second-order valence-electron chi connectivity index (χ2n) is 1.57. The Hall–Kier alpha value is -0.990. The molecule has 0 spiro atoms. The van der Waals surface area contributed by atoms with Crippen molar-refractivity contribution in [2.45, 2.75) is 19.8 Å². The number of Topliss-reactive ketones (excluding diaryl/α,β-unsaturated/α-hetero) is 2. The summed E-state index contributed by atoms with van der Waals surface area (Å²) in [5, 5.41) is 0. The van der Waals surface area contributed by atoms with Gasteiger partial charge in [-0.15, -0.1) is 0 Å². The van der Waals surface area contributed by atoms with Crippen LogP contribution in [0.15, 0.2) is 0 Å². The number of rotatable bonds is 4. The van der Waals surface area contributed by atoms with E-state index in [2.05, 4.69) is 0 Å². The largest absolute Gasteiger partial charge is 0.303 e. The van der Waals surface area contributed by atoms with E-state index in [1.165, 1.54) is 0 Å². The maximum absolute atomic E-state index is 10.4. The Bertz CT molecular complexity index is 137. The maximum Gasteiger partial charge on any atom is 0.205 e. The van der Waals surface area contributed by atoms with Crippen LogP contribution >= 0.6 is 0 Å². The smallest absolute Gasteiger partial charge is 0.205 e. The molecular weight excluding hydrogens is 120 g/mol. The Morgan fingerprint density at radius 1 is 1.33 bits per heavy atom. The molecule has 0 fully saturated rings. The summed E-state index contributed by atoms with van der Waals surface area (Å²) >= 11 is 0. The Morgan fingerprint density at radius 3 is 2.22 bits per heavy atom. The first kappa shape index (κ1) is 8.01. The summed E-state index contributed by atoms with van der Waals surface area (Å²) in [7, 11) is 0. The van der Waals surface area contributed by atoms with Crippen LogP contribution in [0.3, 0.4) is 0 Å². The van der Waals surface area contributed by atoms with Gasteiger partial charge in [0.25, 0.3) is 0 Å². The van der Waals surface area contributed by atoms with E-state index in [9.17, 15) is 14.4 Å². The average Bonchev–Trinajstić information content (AvgIpc) is 1.87. The van der Waals surface area contributed by atoms with Gasteiger partial charge >= 0.3 is 0 Å². The number of hydrogen-bond donors (Lipinski definition) is 0. The topological polar surface area (TPSA) is 51.2 Å². The number of hydrogen-bond acceptors (Lipinski definition) is 3. The number of carbonyl (C=O) groups is 3. The lowest BCUT2D eigenvalue weighted by Crippen LogP contribution is -2.11. The Morgan fingerprint density at radius 2 is 1.89 bits per heavy atom. The lowest BCUT2D eigenvalue weighted by molar-refractivity contribution is -0.137. The lowest BCUT2D eigenvalue weighted by atomic mass is 10.2. The van der Waals surface area contributed by atoms with Crippen LogP contribution in [0.25, 0.3) is 0 Å². The molecule has 50 valence electrons. The van der Waals surface area contributed by atoms with Gasteiger partial charge in [-0.1, -0.05) is 6.92 Å². The maximum atomic E-state index is 10.4. The molecule has 0 unspecified atom stereocenters. The van der Waals surface area contributed by atoms with Crippen LogP contribution in [0.1, 0.15) is 19.8 Å². The predicted molar refractivity (Wildman–Crippen MR) is 31.0 cm³/mol. The van der Waals surface area contributed by atoms with Gasteiger partial charge < -0.3 is 4.79 Å². The van der Waals surface area contributed by atoms with Gasteiger partial charge in [-0.05, 0) is 0 Å². The van der Waals surface area contributed by atoms with E-state index in [4.69, 9.17) is 0 Å². The van der Waals surface area contributed by atoms with Gasteiger partial charge in [-0.25, -0.2) is 0 Å². The van der Waals surface area contributed by atoms with E-state index >= 15 is 0 Å². The molecule has 3 heteroatoms. The van der Waals surface area contributed by atoms with Crippen molar-refractivity contribution >= 4 is 17.9 Å². The predicted octanol–water partition coefficient (Wildman–Crippen LogP) is 0.124. The first-order valence-electron chi connectivity index (χ1n) is 2.72. The zero-order valence-corrected chi connectivity index (χ0v) is 5.22. The van der Waals surface area contributed by atoms with Crippen molar-refractivity contribution in [2.75, 3.05) is 0 Å². The van der Waals surface area contributed by atoms with E-state index in [1.54, 1.807) is 6.92 Å². The van der Waals surface area contributed by atoms with Gasteiger partial charge in [0.2, 0.25) is 5.78 Å². The molecule has 0 aromatic rings. The standard InChI is InChI=1S/C6H8O3/c1-2-5(8)6(9)3-4-7/h4H,2-3H2,1H3. The highest BCUT2D eigenvalue weighted by Gasteiger charge is 2.08. The fourth-order valence-corrected chi connectivity index (χ4v) is 0.387. The van der Waals surface area contributed by atoms with Crippen molar-refractivity contribution in [1.82, 2.24) is 0 Å². The highest BCUT2D eigenvalue weighted by molar-refractivity contribution is 6.39. The molecule has 3 nitrogen and oxygen atoms in total. The van der Waals surface area contributed by atoms with Crippen molar-refractivity contribution in [3.63, 3.8) is 0 Å². The third-order valence-corrected chi connectivity index (χ3v) is 0.901. The fourth-order valence-electron chi connectivity index (χ4n) is 0.387. The summed E-state index contributed by atoms with van der Waals surface area (Å²) in [6.45, 7) is 1.59. The fraction of sp³-hybridized carbons (Fsp3) is 0.500. The highest BCUT2D eigenvalue weighted by atomic mass is 16.2. The second-order valence-corrected chi connectivity index (χ2v) is 1.57. The molecule has 0 atom stereocenters. The van der Waals surface area contributed by atoms with Crippen molar-refractivity contribution in [2.24, 2.45) is 0 Å². The minimum Gasteiger partial charge on any atom is -0.303 e.